The molecule has 0 saturated heterocycles. The van der Waals surface area contributed by atoms with Crippen LogP contribution in [-0.4, -0.2) is 33.6 Å². The zero-order valence-electron chi connectivity index (χ0n) is 9.56. The second kappa shape index (κ2) is 4.36. The standard InChI is InChI=1S/C11H11N3O4/c1-12-8(15)5-14-9-6(10(16)17)3-2-4-7(9)13-11(14)18/h2-4H,5H2,1H3,(H,12,15)(H,13,18)(H,16,17). The van der Waals surface area contributed by atoms with Gasteiger partial charge in [0.1, 0.15) is 6.54 Å². The minimum Gasteiger partial charge on any atom is -0.478 e. The first-order chi connectivity index (χ1) is 8.54. The van der Waals surface area contributed by atoms with Crippen molar-refractivity contribution in [2.24, 2.45) is 0 Å². The number of aromatic nitrogens is 2. The first-order valence-corrected chi connectivity index (χ1v) is 5.20. The van der Waals surface area contributed by atoms with E-state index in [1.807, 2.05) is 0 Å². The molecule has 0 atom stereocenters. The molecule has 0 aliphatic heterocycles. The van der Waals surface area contributed by atoms with Crippen molar-refractivity contribution in [2.45, 2.75) is 6.54 Å². The third-order valence-electron chi connectivity index (χ3n) is 2.60. The average Bonchev–Trinajstić information content (AvgIpc) is 2.65. The molecule has 0 aliphatic rings. The number of rotatable bonds is 3. The molecular formula is C11H11N3O4. The average molecular weight is 249 g/mol. The zero-order chi connectivity index (χ0) is 13.3. The van der Waals surface area contributed by atoms with E-state index >= 15 is 0 Å². The van der Waals surface area contributed by atoms with E-state index in [9.17, 15) is 14.4 Å². The van der Waals surface area contributed by atoms with Gasteiger partial charge in [0.2, 0.25) is 5.91 Å². The van der Waals surface area contributed by atoms with Crippen LogP contribution in [0.5, 0.6) is 0 Å². The molecule has 0 saturated carbocycles. The summed E-state index contributed by atoms with van der Waals surface area (Å²) in [7, 11) is 1.44. The van der Waals surface area contributed by atoms with Crippen LogP contribution in [0.2, 0.25) is 0 Å². The normalized spacial score (nSPS) is 10.5. The summed E-state index contributed by atoms with van der Waals surface area (Å²) in [6, 6.07) is 4.51. The number of imidazole rings is 1. The number of carboxylic acids is 1. The second-order valence-electron chi connectivity index (χ2n) is 3.70. The quantitative estimate of drug-likeness (QED) is 0.699. The number of carbonyl (C=O) groups is 2. The number of para-hydroxylation sites is 1. The number of carboxylic acid groups (broad SMARTS) is 1. The van der Waals surface area contributed by atoms with Crippen LogP contribution in [0.3, 0.4) is 0 Å². The number of nitrogens with zero attached hydrogens (tertiary/aromatic N) is 1. The maximum absolute atomic E-state index is 11.7. The summed E-state index contributed by atoms with van der Waals surface area (Å²) >= 11 is 0. The summed E-state index contributed by atoms with van der Waals surface area (Å²) in [5.41, 5.74) is 0.0828. The minimum atomic E-state index is -1.15. The maximum Gasteiger partial charge on any atom is 0.337 e. The summed E-state index contributed by atoms with van der Waals surface area (Å²) in [6.07, 6.45) is 0. The molecule has 7 nitrogen and oxygen atoms in total. The molecule has 94 valence electrons. The van der Waals surface area contributed by atoms with Crippen molar-refractivity contribution in [1.29, 1.82) is 0 Å². The Hall–Kier alpha value is -2.57. The smallest absolute Gasteiger partial charge is 0.337 e. The van der Waals surface area contributed by atoms with Gasteiger partial charge in [-0.3, -0.25) is 9.36 Å². The van der Waals surface area contributed by atoms with Gasteiger partial charge in [-0.15, -0.1) is 0 Å². The molecular weight excluding hydrogens is 238 g/mol. The van der Waals surface area contributed by atoms with Gasteiger partial charge >= 0.3 is 11.7 Å². The van der Waals surface area contributed by atoms with Crippen LogP contribution >= 0.6 is 0 Å². The van der Waals surface area contributed by atoms with Gasteiger partial charge in [0.25, 0.3) is 0 Å². The van der Waals surface area contributed by atoms with E-state index in [0.29, 0.717) is 5.52 Å². The number of amides is 1. The van der Waals surface area contributed by atoms with Crippen molar-refractivity contribution in [2.75, 3.05) is 7.05 Å². The first kappa shape index (κ1) is 11.9. The predicted octanol–water partition coefficient (Wildman–Crippen LogP) is -0.226. The van der Waals surface area contributed by atoms with E-state index in [0.717, 1.165) is 4.57 Å². The van der Waals surface area contributed by atoms with E-state index in [4.69, 9.17) is 5.11 Å². The molecule has 0 spiro atoms. The van der Waals surface area contributed by atoms with Crippen molar-refractivity contribution >= 4 is 22.9 Å². The van der Waals surface area contributed by atoms with Crippen LogP contribution in [0.4, 0.5) is 0 Å². The Kier molecular flexibility index (Phi) is 2.88. The highest BCUT2D eigenvalue weighted by Gasteiger charge is 2.16. The summed E-state index contributed by atoms with van der Waals surface area (Å²) in [4.78, 5) is 36.6. The van der Waals surface area contributed by atoms with Gasteiger partial charge in [-0.05, 0) is 12.1 Å². The molecule has 1 heterocycles. The fourth-order valence-electron chi connectivity index (χ4n) is 1.77. The lowest BCUT2D eigenvalue weighted by molar-refractivity contribution is -0.121. The molecule has 2 rings (SSSR count). The second-order valence-corrected chi connectivity index (χ2v) is 3.70. The van der Waals surface area contributed by atoms with Crippen molar-refractivity contribution < 1.29 is 14.7 Å². The lowest BCUT2D eigenvalue weighted by atomic mass is 10.2. The van der Waals surface area contributed by atoms with Gasteiger partial charge in [-0.2, -0.15) is 0 Å². The van der Waals surface area contributed by atoms with Crippen molar-refractivity contribution in [3.63, 3.8) is 0 Å². The van der Waals surface area contributed by atoms with Crippen LogP contribution in [0, 0.1) is 0 Å². The third kappa shape index (κ3) is 1.86. The summed E-state index contributed by atoms with van der Waals surface area (Å²) < 4.78 is 1.11. The zero-order valence-corrected chi connectivity index (χ0v) is 9.56. The van der Waals surface area contributed by atoms with Crippen LogP contribution in [0.15, 0.2) is 23.0 Å². The lowest BCUT2D eigenvalue weighted by Crippen LogP contribution is -2.29. The van der Waals surface area contributed by atoms with Crippen molar-refractivity contribution in [3.05, 3.63) is 34.2 Å². The largest absolute Gasteiger partial charge is 0.478 e. The van der Waals surface area contributed by atoms with Crippen LogP contribution in [-0.2, 0) is 11.3 Å². The molecule has 18 heavy (non-hydrogen) atoms. The number of H-pyrrole nitrogens is 1. The van der Waals surface area contributed by atoms with Gasteiger partial charge in [0, 0.05) is 7.05 Å². The molecule has 1 aromatic heterocycles. The molecule has 0 unspecified atom stereocenters. The fraction of sp³-hybridized carbons (Fsp3) is 0.182. The van der Waals surface area contributed by atoms with Gasteiger partial charge < -0.3 is 15.4 Å². The Bertz CT molecular complexity index is 683. The number of hydrogen-bond donors (Lipinski definition) is 3. The molecule has 0 fully saturated rings. The van der Waals surface area contributed by atoms with Crippen molar-refractivity contribution in [1.82, 2.24) is 14.9 Å². The molecule has 0 radical (unpaired) electrons. The monoisotopic (exact) mass is 249 g/mol. The van der Waals surface area contributed by atoms with E-state index in [2.05, 4.69) is 10.3 Å². The molecule has 0 bridgehead atoms. The van der Waals surface area contributed by atoms with Crippen LogP contribution in [0.1, 0.15) is 10.4 Å². The molecule has 7 heteroatoms. The van der Waals surface area contributed by atoms with Gasteiger partial charge in [-0.1, -0.05) is 6.07 Å². The Morgan fingerprint density at radius 3 is 2.78 bits per heavy atom. The summed E-state index contributed by atoms with van der Waals surface area (Å²) in [5, 5.41) is 11.5. The topological polar surface area (TPSA) is 104 Å². The molecule has 0 aliphatic carbocycles. The number of nitrogens with one attached hydrogen (secondary N) is 2. The Morgan fingerprint density at radius 2 is 2.17 bits per heavy atom. The maximum atomic E-state index is 11.7. The van der Waals surface area contributed by atoms with Crippen molar-refractivity contribution in [3.8, 4) is 0 Å². The Balaban J connectivity index is 2.71. The summed E-state index contributed by atoms with van der Waals surface area (Å²) in [5.74, 6) is -1.52. The van der Waals surface area contributed by atoms with Crippen LogP contribution < -0.4 is 11.0 Å². The number of fused-ring (bicyclic) bond motifs is 1. The molecule has 1 aromatic carbocycles. The number of benzene rings is 1. The lowest BCUT2D eigenvalue weighted by Gasteiger charge is -2.04. The Labute approximate surface area is 101 Å². The number of aromatic amines is 1. The first-order valence-electron chi connectivity index (χ1n) is 5.20. The van der Waals surface area contributed by atoms with Gasteiger partial charge in [0.15, 0.2) is 0 Å². The number of hydrogen-bond acceptors (Lipinski definition) is 3. The molecule has 3 N–H and O–H groups in total. The number of aromatic carboxylic acids is 1. The minimum absolute atomic E-state index is 0.0187. The SMILES string of the molecule is CNC(=O)Cn1c(=O)[nH]c2cccc(C(=O)O)c21. The van der Waals surface area contributed by atoms with Gasteiger partial charge in [-0.25, -0.2) is 9.59 Å². The van der Waals surface area contributed by atoms with E-state index in [1.165, 1.54) is 19.2 Å². The summed E-state index contributed by atoms with van der Waals surface area (Å²) in [6.45, 7) is -0.223. The molecule has 2 aromatic rings. The third-order valence-corrected chi connectivity index (χ3v) is 2.60. The highest BCUT2D eigenvalue weighted by molar-refractivity contribution is 6.01. The fourth-order valence-corrected chi connectivity index (χ4v) is 1.77. The number of likely N-dealkylation sites (N-methyl/N-ethyl adjacent to an activating group) is 1. The predicted molar refractivity (Wildman–Crippen MR) is 63.6 cm³/mol. The Morgan fingerprint density at radius 1 is 1.44 bits per heavy atom. The van der Waals surface area contributed by atoms with E-state index < -0.39 is 11.7 Å². The van der Waals surface area contributed by atoms with E-state index in [-0.39, 0.29) is 23.5 Å². The highest BCUT2D eigenvalue weighted by Crippen LogP contribution is 2.15. The van der Waals surface area contributed by atoms with Crippen LogP contribution in [0.25, 0.3) is 11.0 Å². The molecule has 1 amide bonds. The highest BCUT2D eigenvalue weighted by atomic mass is 16.4. The number of carbonyl (C=O) groups excluding carboxylic acids is 1. The van der Waals surface area contributed by atoms with E-state index in [1.54, 1.807) is 6.07 Å². The van der Waals surface area contributed by atoms with Gasteiger partial charge in [0.05, 0.1) is 16.6 Å².